The van der Waals surface area contributed by atoms with Crippen LogP contribution in [-0.2, 0) is 0 Å². The minimum atomic E-state index is -0.155. The van der Waals surface area contributed by atoms with E-state index in [0.29, 0.717) is 28.6 Å². The van der Waals surface area contributed by atoms with Gasteiger partial charge in [-0.15, -0.1) is 11.3 Å². The van der Waals surface area contributed by atoms with E-state index >= 15 is 0 Å². The molecule has 0 atom stereocenters. The Balaban J connectivity index is 2.50. The van der Waals surface area contributed by atoms with Gasteiger partial charge in [0, 0.05) is 13.0 Å². The number of carbonyl (C=O) groups is 1. The van der Waals surface area contributed by atoms with E-state index in [4.69, 9.17) is 22.7 Å². The maximum Gasteiger partial charge on any atom is 0.265 e. The van der Waals surface area contributed by atoms with Crippen molar-refractivity contribution in [1.82, 2.24) is 5.32 Å². The molecule has 0 radical (unpaired) electrons. The van der Waals surface area contributed by atoms with Gasteiger partial charge in [0.15, 0.2) is 0 Å². The first-order valence-electron chi connectivity index (χ1n) is 4.33. The monoisotopic (exact) mass is 244 g/mol. The summed E-state index contributed by atoms with van der Waals surface area (Å²) in [5, 5.41) is 4.52. The lowest BCUT2D eigenvalue weighted by atomic mass is 10.3. The van der Waals surface area contributed by atoms with Crippen LogP contribution in [0.3, 0.4) is 0 Å². The molecule has 0 aromatic carbocycles. The molecule has 6 heteroatoms. The van der Waals surface area contributed by atoms with Crippen molar-refractivity contribution in [1.29, 1.82) is 0 Å². The van der Waals surface area contributed by atoms with E-state index in [1.54, 1.807) is 11.4 Å². The minimum Gasteiger partial charge on any atom is -0.495 e. The van der Waals surface area contributed by atoms with Crippen LogP contribution < -0.4 is 15.8 Å². The summed E-state index contributed by atoms with van der Waals surface area (Å²) < 4.78 is 5.03. The van der Waals surface area contributed by atoms with Crippen molar-refractivity contribution in [2.75, 3.05) is 13.7 Å². The largest absolute Gasteiger partial charge is 0.495 e. The van der Waals surface area contributed by atoms with Crippen LogP contribution in [0, 0.1) is 0 Å². The lowest BCUT2D eigenvalue weighted by Gasteiger charge is -2.04. The Morgan fingerprint density at radius 1 is 1.73 bits per heavy atom. The molecule has 0 aliphatic heterocycles. The SMILES string of the molecule is COc1ccsc1C(=O)NCCC(N)=S. The van der Waals surface area contributed by atoms with Crippen LogP contribution in [0.15, 0.2) is 11.4 Å². The van der Waals surface area contributed by atoms with Gasteiger partial charge in [-0.05, 0) is 11.4 Å². The molecule has 1 aromatic heterocycles. The first kappa shape index (κ1) is 11.9. The third kappa shape index (κ3) is 3.49. The second kappa shape index (κ2) is 5.67. The molecule has 0 aliphatic rings. The highest BCUT2D eigenvalue weighted by Gasteiger charge is 2.12. The maximum absolute atomic E-state index is 11.6. The topological polar surface area (TPSA) is 64.3 Å². The van der Waals surface area contributed by atoms with Crippen LogP contribution in [-0.4, -0.2) is 24.6 Å². The number of hydrogen-bond acceptors (Lipinski definition) is 4. The number of methoxy groups -OCH3 is 1. The highest BCUT2D eigenvalue weighted by molar-refractivity contribution is 7.80. The van der Waals surface area contributed by atoms with Gasteiger partial charge in [0.25, 0.3) is 5.91 Å². The van der Waals surface area contributed by atoms with Gasteiger partial charge in [-0.25, -0.2) is 0 Å². The zero-order chi connectivity index (χ0) is 11.3. The number of thiophene rings is 1. The molecule has 0 saturated heterocycles. The number of amides is 1. The highest BCUT2D eigenvalue weighted by Crippen LogP contribution is 2.23. The van der Waals surface area contributed by atoms with E-state index in [1.165, 1.54) is 18.4 Å². The number of rotatable bonds is 5. The summed E-state index contributed by atoms with van der Waals surface area (Å²) in [5.74, 6) is 0.436. The van der Waals surface area contributed by atoms with Crippen LogP contribution in [0.2, 0.25) is 0 Å². The fraction of sp³-hybridized carbons (Fsp3) is 0.333. The Morgan fingerprint density at radius 3 is 3.07 bits per heavy atom. The Morgan fingerprint density at radius 2 is 2.47 bits per heavy atom. The van der Waals surface area contributed by atoms with Crippen LogP contribution in [0.25, 0.3) is 0 Å². The molecule has 0 saturated carbocycles. The normalized spacial score (nSPS) is 9.67. The number of hydrogen-bond donors (Lipinski definition) is 2. The minimum absolute atomic E-state index is 0.155. The fourth-order valence-corrected chi connectivity index (χ4v) is 1.88. The number of carbonyl (C=O) groups excluding carboxylic acids is 1. The number of nitrogens with one attached hydrogen (secondary N) is 1. The standard InChI is InChI=1S/C9H12N2O2S2/c1-13-6-3-5-15-8(6)9(12)11-4-2-7(10)14/h3,5H,2,4H2,1H3,(H2,10,14)(H,11,12). The zero-order valence-corrected chi connectivity index (χ0v) is 9.91. The van der Waals surface area contributed by atoms with Gasteiger partial charge in [-0.1, -0.05) is 12.2 Å². The number of ether oxygens (including phenoxy) is 1. The van der Waals surface area contributed by atoms with E-state index < -0.39 is 0 Å². The van der Waals surface area contributed by atoms with Gasteiger partial charge < -0.3 is 15.8 Å². The van der Waals surface area contributed by atoms with Crippen LogP contribution in [0.4, 0.5) is 0 Å². The molecule has 82 valence electrons. The van der Waals surface area contributed by atoms with Crippen molar-refractivity contribution < 1.29 is 9.53 Å². The fourth-order valence-electron chi connectivity index (χ4n) is 1.00. The van der Waals surface area contributed by atoms with Crippen LogP contribution in [0.1, 0.15) is 16.1 Å². The first-order chi connectivity index (χ1) is 7.15. The lowest BCUT2D eigenvalue weighted by Crippen LogP contribution is -2.26. The molecule has 0 unspecified atom stereocenters. The van der Waals surface area contributed by atoms with E-state index in [9.17, 15) is 4.79 Å². The van der Waals surface area contributed by atoms with E-state index in [1.807, 2.05) is 0 Å². The average molecular weight is 244 g/mol. The summed E-state index contributed by atoms with van der Waals surface area (Å²) in [6.07, 6.45) is 0.509. The Bertz CT molecular complexity index is 363. The number of nitrogens with two attached hydrogens (primary N) is 1. The molecule has 3 N–H and O–H groups in total. The van der Waals surface area contributed by atoms with Crippen molar-refractivity contribution in [2.45, 2.75) is 6.42 Å². The second-order valence-electron chi connectivity index (χ2n) is 2.79. The quantitative estimate of drug-likeness (QED) is 0.763. The van der Waals surface area contributed by atoms with Gasteiger partial charge in [-0.3, -0.25) is 4.79 Å². The molecule has 0 aliphatic carbocycles. The molecule has 1 amide bonds. The summed E-state index contributed by atoms with van der Waals surface area (Å²) in [6.45, 7) is 0.454. The van der Waals surface area contributed by atoms with Crippen LogP contribution in [0.5, 0.6) is 5.75 Å². The Kier molecular flexibility index (Phi) is 4.51. The lowest BCUT2D eigenvalue weighted by molar-refractivity contribution is 0.0956. The van der Waals surface area contributed by atoms with Crippen molar-refractivity contribution in [3.8, 4) is 5.75 Å². The molecular weight excluding hydrogens is 232 g/mol. The third-order valence-corrected chi connectivity index (χ3v) is 2.81. The molecule has 15 heavy (non-hydrogen) atoms. The van der Waals surface area contributed by atoms with Gasteiger partial charge in [0.1, 0.15) is 10.6 Å². The predicted octanol–water partition coefficient (Wildman–Crippen LogP) is 1.16. The maximum atomic E-state index is 11.6. The van der Waals surface area contributed by atoms with Crippen molar-refractivity contribution in [2.24, 2.45) is 5.73 Å². The van der Waals surface area contributed by atoms with E-state index in [0.717, 1.165) is 0 Å². The summed E-state index contributed by atoms with van der Waals surface area (Å²) in [6, 6.07) is 1.76. The Labute approximate surface area is 97.4 Å². The summed E-state index contributed by atoms with van der Waals surface area (Å²) in [7, 11) is 1.54. The van der Waals surface area contributed by atoms with Gasteiger partial charge in [0.2, 0.25) is 0 Å². The molecule has 0 spiro atoms. The second-order valence-corrected chi connectivity index (χ2v) is 4.23. The third-order valence-electron chi connectivity index (χ3n) is 1.71. The summed E-state index contributed by atoms with van der Waals surface area (Å²) in [5.41, 5.74) is 5.31. The van der Waals surface area contributed by atoms with Crippen LogP contribution >= 0.6 is 23.6 Å². The molecular formula is C9H12N2O2S2. The molecule has 0 bridgehead atoms. The Hall–Kier alpha value is -1.14. The smallest absolute Gasteiger partial charge is 0.265 e. The zero-order valence-electron chi connectivity index (χ0n) is 8.28. The highest BCUT2D eigenvalue weighted by atomic mass is 32.1. The van der Waals surface area contributed by atoms with Crippen molar-refractivity contribution >= 4 is 34.5 Å². The molecule has 0 fully saturated rings. The van der Waals surface area contributed by atoms with Crippen molar-refractivity contribution in [3.63, 3.8) is 0 Å². The summed E-state index contributed by atoms with van der Waals surface area (Å²) >= 11 is 6.04. The van der Waals surface area contributed by atoms with Gasteiger partial charge in [0.05, 0.1) is 12.1 Å². The number of thiocarbonyl (C=S) groups is 1. The molecule has 1 rings (SSSR count). The molecule has 1 heterocycles. The predicted molar refractivity (Wildman–Crippen MR) is 64.6 cm³/mol. The van der Waals surface area contributed by atoms with Crippen molar-refractivity contribution in [3.05, 3.63) is 16.3 Å². The molecule has 4 nitrogen and oxygen atoms in total. The molecule has 1 aromatic rings. The summed E-state index contributed by atoms with van der Waals surface area (Å²) in [4.78, 5) is 12.6. The average Bonchev–Trinajstić information content (AvgIpc) is 2.64. The van der Waals surface area contributed by atoms with Gasteiger partial charge >= 0.3 is 0 Å². The van der Waals surface area contributed by atoms with Gasteiger partial charge in [-0.2, -0.15) is 0 Å². The van der Waals surface area contributed by atoms with E-state index in [-0.39, 0.29) is 5.91 Å². The van der Waals surface area contributed by atoms with E-state index in [2.05, 4.69) is 5.32 Å². The first-order valence-corrected chi connectivity index (χ1v) is 5.62.